The fourth-order valence-electron chi connectivity index (χ4n) is 1.28. The predicted octanol–water partition coefficient (Wildman–Crippen LogP) is 3.88. The Hall–Kier alpha value is -0.590. The van der Waals surface area contributed by atoms with Gasteiger partial charge in [0.1, 0.15) is 5.78 Å². The van der Waals surface area contributed by atoms with Crippen LogP contribution in [0.3, 0.4) is 0 Å². The van der Waals surface area contributed by atoms with E-state index in [-0.39, 0.29) is 5.78 Å². The van der Waals surface area contributed by atoms with Gasteiger partial charge in [0.25, 0.3) is 0 Å². The summed E-state index contributed by atoms with van der Waals surface area (Å²) in [4.78, 5) is 10.7. The van der Waals surface area contributed by atoms with Crippen molar-refractivity contribution in [3.05, 3.63) is 11.6 Å². The number of hydrogen-bond acceptors (Lipinski definition) is 1. The minimum atomic E-state index is 0.289. The molecule has 13 heavy (non-hydrogen) atoms. The van der Waals surface area contributed by atoms with Crippen molar-refractivity contribution >= 4 is 5.78 Å². The van der Waals surface area contributed by atoms with Gasteiger partial charge in [-0.15, -0.1) is 0 Å². The van der Waals surface area contributed by atoms with Crippen LogP contribution in [0.4, 0.5) is 0 Å². The van der Waals surface area contributed by atoms with Gasteiger partial charge in [0.15, 0.2) is 0 Å². The number of rotatable bonds is 7. The number of unbranched alkanes of at least 4 members (excludes halogenated alkanes) is 2. The van der Waals surface area contributed by atoms with E-state index in [1.165, 1.54) is 31.3 Å². The third-order valence-electron chi connectivity index (χ3n) is 2.16. The van der Waals surface area contributed by atoms with Crippen molar-refractivity contribution in [1.29, 1.82) is 0 Å². The number of Topliss-reactive ketones (excluding diaryl/α,β-unsaturated/α-hetero) is 1. The lowest BCUT2D eigenvalue weighted by Crippen LogP contribution is -1.87. The zero-order valence-corrected chi connectivity index (χ0v) is 9.23. The maximum Gasteiger partial charge on any atom is 0.130 e. The quantitative estimate of drug-likeness (QED) is 0.431. The molecule has 0 aromatic carbocycles. The summed E-state index contributed by atoms with van der Waals surface area (Å²) < 4.78 is 0. The van der Waals surface area contributed by atoms with Crippen molar-refractivity contribution in [3.8, 4) is 0 Å². The highest BCUT2D eigenvalue weighted by Gasteiger charge is 1.92. The maximum atomic E-state index is 10.7. The molecular weight excluding hydrogens is 160 g/mol. The minimum Gasteiger partial charge on any atom is -0.300 e. The van der Waals surface area contributed by atoms with Crippen molar-refractivity contribution in [3.63, 3.8) is 0 Å². The molecule has 0 aromatic rings. The van der Waals surface area contributed by atoms with E-state index in [1.807, 2.05) is 0 Å². The molecule has 0 N–H and O–H groups in total. The third kappa shape index (κ3) is 9.32. The molecule has 0 saturated heterocycles. The average molecular weight is 182 g/mol. The predicted molar refractivity (Wildman–Crippen MR) is 57.8 cm³/mol. The van der Waals surface area contributed by atoms with Crippen LogP contribution in [-0.4, -0.2) is 5.78 Å². The first-order chi connectivity index (χ1) is 6.16. The minimum absolute atomic E-state index is 0.289. The summed E-state index contributed by atoms with van der Waals surface area (Å²) >= 11 is 0. The largest absolute Gasteiger partial charge is 0.300 e. The van der Waals surface area contributed by atoms with E-state index in [0.717, 1.165) is 6.42 Å². The van der Waals surface area contributed by atoms with Crippen LogP contribution in [-0.2, 0) is 4.79 Å². The van der Waals surface area contributed by atoms with E-state index in [1.54, 1.807) is 6.92 Å². The highest BCUT2D eigenvalue weighted by Crippen LogP contribution is 2.09. The van der Waals surface area contributed by atoms with Gasteiger partial charge in [-0.3, -0.25) is 0 Å². The molecule has 0 spiro atoms. The molecule has 0 aliphatic carbocycles. The fourth-order valence-corrected chi connectivity index (χ4v) is 1.28. The van der Waals surface area contributed by atoms with Gasteiger partial charge in [0.05, 0.1) is 0 Å². The third-order valence-corrected chi connectivity index (χ3v) is 2.16. The van der Waals surface area contributed by atoms with Crippen LogP contribution in [0.15, 0.2) is 11.6 Å². The molecular formula is C12H22O. The second kappa shape index (κ2) is 8.03. The molecule has 0 heterocycles. The van der Waals surface area contributed by atoms with Crippen LogP contribution in [0.5, 0.6) is 0 Å². The van der Waals surface area contributed by atoms with Crippen LogP contribution >= 0.6 is 0 Å². The topological polar surface area (TPSA) is 17.1 Å². The van der Waals surface area contributed by atoms with Crippen molar-refractivity contribution < 1.29 is 4.79 Å². The van der Waals surface area contributed by atoms with Crippen LogP contribution in [0.1, 0.15) is 59.3 Å². The molecule has 0 bridgehead atoms. The zero-order chi connectivity index (χ0) is 10.1. The number of hydrogen-bond donors (Lipinski definition) is 0. The Morgan fingerprint density at radius 1 is 1.15 bits per heavy atom. The fraction of sp³-hybridized carbons (Fsp3) is 0.750. The maximum absolute atomic E-state index is 10.7. The van der Waals surface area contributed by atoms with Gasteiger partial charge >= 0.3 is 0 Å². The summed E-state index contributed by atoms with van der Waals surface area (Å²) in [6.45, 7) is 6.03. The molecule has 1 heteroatoms. The van der Waals surface area contributed by atoms with Gasteiger partial charge in [-0.05, 0) is 33.1 Å². The summed E-state index contributed by atoms with van der Waals surface area (Å²) in [5.74, 6) is 0.289. The second-order valence-electron chi connectivity index (χ2n) is 3.75. The highest BCUT2D eigenvalue weighted by molar-refractivity contribution is 5.75. The van der Waals surface area contributed by atoms with Crippen molar-refractivity contribution in [2.24, 2.45) is 0 Å². The molecule has 0 fully saturated rings. The molecule has 0 aliphatic heterocycles. The number of allylic oxidation sites excluding steroid dienone is 2. The molecule has 76 valence electrons. The Kier molecular flexibility index (Phi) is 7.66. The van der Waals surface area contributed by atoms with Crippen molar-refractivity contribution in [1.82, 2.24) is 0 Å². The smallest absolute Gasteiger partial charge is 0.130 e. The van der Waals surface area contributed by atoms with Gasteiger partial charge in [0.2, 0.25) is 0 Å². The highest BCUT2D eigenvalue weighted by atomic mass is 16.1. The Bertz CT molecular complexity index is 168. The van der Waals surface area contributed by atoms with Crippen LogP contribution in [0, 0.1) is 0 Å². The molecule has 0 unspecified atom stereocenters. The summed E-state index contributed by atoms with van der Waals surface area (Å²) in [6.07, 6.45) is 8.92. The standard InChI is InChI=1S/C12H22O/c1-4-5-6-8-11(2)9-7-10-12(3)13/h9H,4-8,10H2,1-3H3. The van der Waals surface area contributed by atoms with Gasteiger partial charge in [-0.1, -0.05) is 31.4 Å². The van der Waals surface area contributed by atoms with Crippen LogP contribution in [0.25, 0.3) is 0 Å². The first kappa shape index (κ1) is 12.4. The Labute approximate surface area is 82.2 Å². The van der Waals surface area contributed by atoms with E-state index < -0.39 is 0 Å². The van der Waals surface area contributed by atoms with E-state index in [4.69, 9.17) is 0 Å². The SMILES string of the molecule is CCCCCC(C)=CCCC(C)=O. The lowest BCUT2D eigenvalue weighted by atomic mass is 10.1. The summed E-state index contributed by atoms with van der Waals surface area (Å²) in [7, 11) is 0. The summed E-state index contributed by atoms with van der Waals surface area (Å²) in [5, 5.41) is 0. The lowest BCUT2D eigenvalue weighted by molar-refractivity contribution is -0.116. The second-order valence-corrected chi connectivity index (χ2v) is 3.75. The Morgan fingerprint density at radius 2 is 1.85 bits per heavy atom. The summed E-state index contributed by atoms with van der Waals surface area (Å²) in [5.41, 5.74) is 1.44. The van der Waals surface area contributed by atoms with Crippen LogP contribution < -0.4 is 0 Å². The normalized spacial score (nSPS) is 11.8. The number of carbonyl (C=O) groups is 1. The van der Waals surface area contributed by atoms with Crippen molar-refractivity contribution in [2.45, 2.75) is 59.3 Å². The van der Waals surface area contributed by atoms with E-state index in [0.29, 0.717) is 6.42 Å². The monoisotopic (exact) mass is 182 g/mol. The average Bonchev–Trinajstić information content (AvgIpc) is 2.04. The molecule has 0 atom stereocenters. The first-order valence-electron chi connectivity index (χ1n) is 5.32. The molecule has 1 nitrogen and oxygen atoms in total. The summed E-state index contributed by atoms with van der Waals surface area (Å²) in [6, 6.07) is 0. The Morgan fingerprint density at radius 3 is 2.38 bits per heavy atom. The van der Waals surface area contributed by atoms with Crippen molar-refractivity contribution in [2.75, 3.05) is 0 Å². The van der Waals surface area contributed by atoms with Gasteiger partial charge < -0.3 is 4.79 Å². The Balaban J connectivity index is 3.45. The van der Waals surface area contributed by atoms with E-state index >= 15 is 0 Å². The molecule has 0 amide bonds. The van der Waals surface area contributed by atoms with E-state index in [2.05, 4.69) is 19.9 Å². The van der Waals surface area contributed by atoms with Crippen LogP contribution in [0.2, 0.25) is 0 Å². The van der Waals surface area contributed by atoms with Gasteiger partial charge in [-0.2, -0.15) is 0 Å². The number of carbonyl (C=O) groups excluding carboxylic acids is 1. The lowest BCUT2D eigenvalue weighted by Gasteiger charge is -1.99. The first-order valence-corrected chi connectivity index (χ1v) is 5.32. The molecule has 0 aliphatic rings. The molecule has 0 saturated carbocycles. The molecule has 0 rings (SSSR count). The number of ketones is 1. The molecule has 0 aromatic heterocycles. The zero-order valence-electron chi connectivity index (χ0n) is 9.23. The van der Waals surface area contributed by atoms with Gasteiger partial charge in [-0.25, -0.2) is 0 Å². The van der Waals surface area contributed by atoms with Gasteiger partial charge in [0, 0.05) is 6.42 Å². The van der Waals surface area contributed by atoms with E-state index in [9.17, 15) is 4.79 Å². The molecule has 0 radical (unpaired) electrons.